The summed E-state index contributed by atoms with van der Waals surface area (Å²) in [7, 11) is 1.47. The molecule has 1 N–H and O–H groups in total. The van der Waals surface area contributed by atoms with E-state index in [-0.39, 0.29) is 5.56 Å². The van der Waals surface area contributed by atoms with E-state index in [4.69, 9.17) is 0 Å². The maximum Gasteiger partial charge on any atom is 0.253 e. The van der Waals surface area contributed by atoms with E-state index in [0.29, 0.717) is 5.56 Å². The predicted octanol–water partition coefficient (Wildman–Crippen LogP) is 2.55. The van der Waals surface area contributed by atoms with Crippen molar-refractivity contribution >= 4 is 27.9 Å². The van der Waals surface area contributed by atoms with Gasteiger partial charge in [-0.2, -0.15) is 0 Å². The summed E-state index contributed by atoms with van der Waals surface area (Å²) in [6.45, 7) is 0. The van der Waals surface area contributed by atoms with E-state index in [1.165, 1.54) is 19.2 Å². The van der Waals surface area contributed by atoms with Gasteiger partial charge in [0, 0.05) is 7.05 Å². The minimum absolute atomic E-state index is 0.0548. The number of hydrogen-bond donors (Lipinski definition) is 1. The molecular weight excluding hydrogens is 249 g/mol. The highest BCUT2D eigenvalue weighted by Crippen LogP contribution is 2.12. The lowest BCUT2D eigenvalue weighted by molar-refractivity contribution is 0.0959. The summed E-state index contributed by atoms with van der Waals surface area (Å²) in [5, 5.41) is 2.37. The van der Waals surface area contributed by atoms with E-state index in [2.05, 4.69) is 21.2 Å². The largest absolute Gasteiger partial charge is 0.355 e. The molecule has 0 aliphatic rings. The molecule has 4 heteroatoms. The summed E-state index contributed by atoms with van der Waals surface area (Å²) in [6, 6.07) is 4.43. The molecule has 0 bridgehead atoms. The fraction of sp³-hybridized carbons (Fsp3) is 0.100. The van der Waals surface area contributed by atoms with Gasteiger partial charge in [0.05, 0.1) is 5.56 Å². The third kappa shape index (κ3) is 2.42. The number of amides is 1. The topological polar surface area (TPSA) is 29.1 Å². The van der Waals surface area contributed by atoms with Gasteiger partial charge in [-0.25, -0.2) is 4.39 Å². The van der Waals surface area contributed by atoms with Gasteiger partial charge in [0.25, 0.3) is 5.91 Å². The fourth-order valence-corrected chi connectivity index (χ4v) is 1.33. The van der Waals surface area contributed by atoms with Crippen molar-refractivity contribution < 1.29 is 9.18 Å². The summed E-state index contributed by atoms with van der Waals surface area (Å²) in [4.78, 5) is 12.8. The van der Waals surface area contributed by atoms with Crippen molar-refractivity contribution in [2.24, 2.45) is 0 Å². The Labute approximate surface area is 89.9 Å². The third-order valence-corrected chi connectivity index (χ3v) is 1.98. The summed E-state index contributed by atoms with van der Waals surface area (Å²) in [5.74, 6) is -0.940. The van der Waals surface area contributed by atoms with Crippen LogP contribution >= 0.6 is 15.9 Å². The van der Waals surface area contributed by atoms with E-state index in [1.807, 2.05) is 0 Å². The summed E-state index contributed by atoms with van der Waals surface area (Å²) < 4.78 is 13.3. The minimum Gasteiger partial charge on any atom is -0.355 e. The van der Waals surface area contributed by atoms with Gasteiger partial charge in [-0.1, -0.05) is 22.0 Å². The predicted molar refractivity (Wildman–Crippen MR) is 57.8 cm³/mol. The lowest BCUT2D eigenvalue weighted by Gasteiger charge is -2.02. The second-order valence-corrected chi connectivity index (χ2v) is 3.14. The SMILES string of the molecule is CNC(=O)c1ccc(C=CBr)cc1F. The maximum atomic E-state index is 13.3. The van der Waals surface area contributed by atoms with Crippen LogP contribution in [0.1, 0.15) is 15.9 Å². The van der Waals surface area contributed by atoms with Crippen LogP contribution in [0.3, 0.4) is 0 Å². The zero-order chi connectivity index (χ0) is 10.6. The highest BCUT2D eigenvalue weighted by molar-refractivity contribution is 9.11. The Morgan fingerprint density at radius 3 is 2.79 bits per heavy atom. The average molecular weight is 258 g/mol. The second kappa shape index (κ2) is 4.91. The van der Waals surface area contributed by atoms with E-state index in [9.17, 15) is 9.18 Å². The first kappa shape index (κ1) is 10.9. The highest BCUT2D eigenvalue weighted by atomic mass is 79.9. The minimum atomic E-state index is -0.521. The van der Waals surface area contributed by atoms with Crippen LogP contribution in [-0.4, -0.2) is 13.0 Å². The van der Waals surface area contributed by atoms with Crippen molar-refractivity contribution in [3.63, 3.8) is 0 Å². The molecule has 14 heavy (non-hydrogen) atoms. The molecule has 1 amide bonds. The van der Waals surface area contributed by atoms with Gasteiger partial charge in [-0.05, 0) is 28.8 Å². The van der Waals surface area contributed by atoms with Crippen LogP contribution in [-0.2, 0) is 0 Å². The molecule has 0 unspecified atom stereocenters. The molecule has 1 rings (SSSR count). The Morgan fingerprint density at radius 2 is 2.29 bits per heavy atom. The van der Waals surface area contributed by atoms with Crippen LogP contribution in [0.25, 0.3) is 6.08 Å². The van der Waals surface area contributed by atoms with Crippen LogP contribution in [0, 0.1) is 5.82 Å². The van der Waals surface area contributed by atoms with Gasteiger partial charge in [0.2, 0.25) is 0 Å². The van der Waals surface area contributed by atoms with Crippen molar-refractivity contribution in [3.8, 4) is 0 Å². The Morgan fingerprint density at radius 1 is 1.57 bits per heavy atom. The molecule has 0 saturated heterocycles. The van der Waals surface area contributed by atoms with E-state index in [1.54, 1.807) is 17.1 Å². The molecule has 2 nitrogen and oxygen atoms in total. The molecule has 0 aromatic heterocycles. The first-order valence-electron chi connectivity index (χ1n) is 3.97. The van der Waals surface area contributed by atoms with Crippen LogP contribution in [0.4, 0.5) is 4.39 Å². The van der Waals surface area contributed by atoms with Crippen molar-refractivity contribution in [2.75, 3.05) is 7.05 Å². The number of benzene rings is 1. The average Bonchev–Trinajstić information content (AvgIpc) is 2.17. The molecule has 0 aliphatic carbocycles. The number of rotatable bonds is 2. The molecule has 0 spiro atoms. The number of nitrogens with one attached hydrogen (secondary N) is 1. The van der Waals surface area contributed by atoms with Gasteiger partial charge in [0.1, 0.15) is 5.82 Å². The smallest absolute Gasteiger partial charge is 0.253 e. The van der Waals surface area contributed by atoms with Gasteiger partial charge >= 0.3 is 0 Å². The van der Waals surface area contributed by atoms with Gasteiger partial charge in [-0.3, -0.25) is 4.79 Å². The Balaban J connectivity index is 3.07. The quantitative estimate of drug-likeness (QED) is 0.867. The van der Waals surface area contributed by atoms with E-state index in [0.717, 1.165) is 0 Å². The van der Waals surface area contributed by atoms with Crippen LogP contribution in [0.15, 0.2) is 23.2 Å². The fourth-order valence-electron chi connectivity index (χ4n) is 1.03. The van der Waals surface area contributed by atoms with Crippen molar-refractivity contribution in [2.45, 2.75) is 0 Å². The Bertz CT molecular complexity index is 376. The van der Waals surface area contributed by atoms with E-state index < -0.39 is 11.7 Å². The monoisotopic (exact) mass is 257 g/mol. The van der Waals surface area contributed by atoms with Crippen molar-refractivity contribution in [1.29, 1.82) is 0 Å². The molecular formula is C10H9BrFNO. The second-order valence-electron chi connectivity index (χ2n) is 2.61. The Hall–Kier alpha value is -1.16. The van der Waals surface area contributed by atoms with Gasteiger partial charge in [0.15, 0.2) is 0 Å². The number of carbonyl (C=O) groups is 1. The zero-order valence-electron chi connectivity index (χ0n) is 7.55. The summed E-state index contributed by atoms with van der Waals surface area (Å²) >= 11 is 3.09. The maximum absolute atomic E-state index is 13.3. The summed E-state index contributed by atoms with van der Waals surface area (Å²) in [6.07, 6.45) is 1.69. The molecule has 0 fully saturated rings. The molecule has 0 aliphatic heterocycles. The zero-order valence-corrected chi connectivity index (χ0v) is 9.14. The normalized spacial score (nSPS) is 10.5. The molecule has 0 radical (unpaired) electrons. The van der Waals surface area contributed by atoms with Crippen molar-refractivity contribution in [3.05, 3.63) is 40.1 Å². The molecule has 0 saturated carbocycles. The summed E-state index contributed by atoms with van der Waals surface area (Å²) in [5.41, 5.74) is 0.756. The standard InChI is InChI=1S/C10H9BrFNO/c1-13-10(14)8-3-2-7(4-5-11)6-9(8)12/h2-6H,1H3,(H,13,14). The third-order valence-electron chi connectivity index (χ3n) is 1.72. The highest BCUT2D eigenvalue weighted by Gasteiger charge is 2.09. The number of halogens is 2. The number of hydrogen-bond acceptors (Lipinski definition) is 1. The molecule has 1 aromatic rings. The molecule has 0 atom stereocenters. The van der Waals surface area contributed by atoms with Crippen LogP contribution in [0.5, 0.6) is 0 Å². The number of carbonyl (C=O) groups excluding carboxylic acids is 1. The first-order valence-corrected chi connectivity index (χ1v) is 4.89. The van der Waals surface area contributed by atoms with Gasteiger partial charge < -0.3 is 5.32 Å². The lowest BCUT2D eigenvalue weighted by Crippen LogP contribution is -2.19. The van der Waals surface area contributed by atoms with Crippen LogP contribution < -0.4 is 5.32 Å². The molecule has 1 aromatic carbocycles. The Kier molecular flexibility index (Phi) is 3.83. The van der Waals surface area contributed by atoms with E-state index >= 15 is 0 Å². The molecule has 0 heterocycles. The lowest BCUT2D eigenvalue weighted by atomic mass is 10.1. The van der Waals surface area contributed by atoms with Gasteiger partial charge in [-0.15, -0.1) is 0 Å². The first-order chi connectivity index (χ1) is 6.69. The molecule has 74 valence electrons. The van der Waals surface area contributed by atoms with Crippen LogP contribution in [0.2, 0.25) is 0 Å². The van der Waals surface area contributed by atoms with Crippen molar-refractivity contribution in [1.82, 2.24) is 5.32 Å².